The van der Waals surface area contributed by atoms with E-state index in [0.29, 0.717) is 23.0 Å². The Labute approximate surface area is 114 Å². The Morgan fingerprint density at radius 1 is 1.47 bits per heavy atom. The van der Waals surface area contributed by atoms with E-state index in [-0.39, 0.29) is 17.6 Å². The topological polar surface area (TPSA) is 77.0 Å². The van der Waals surface area contributed by atoms with Crippen LogP contribution in [0.4, 0.5) is 0 Å². The van der Waals surface area contributed by atoms with Crippen molar-refractivity contribution >= 4 is 29.5 Å². The van der Waals surface area contributed by atoms with Crippen molar-refractivity contribution in [3.63, 3.8) is 0 Å². The second kappa shape index (κ2) is 6.24. The third kappa shape index (κ3) is 3.47. The lowest BCUT2D eigenvalue weighted by molar-refractivity contribution is -0.137. The number of esters is 1. The van der Waals surface area contributed by atoms with Crippen LogP contribution in [0.15, 0.2) is 29.4 Å². The summed E-state index contributed by atoms with van der Waals surface area (Å²) in [7, 11) is 1.33. The van der Waals surface area contributed by atoms with Gasteiger partial charge in [-0.2, -0.15) is 0 Å². The number of hydrazone groups is 1. The van der Waals surface area contributed by atoms with Crippen molar-refractivity contribution in [2.24, 2.45) is 5.10 Å². The molecule has 1 aromatic carbocycles. The molecule has 0 unspecified atom stereocenters. The molecule has 2 rings (SSSR count). The highest BCUT2D eigenvalue weighted by molar-refractivity contribution is 8.00. The average Bonchev–Trinajstić information content (AvgIpc) is 2.59. The predicted octanol–water partition coefficient (Wildman–Crippen LogP) is 1.03. The maximum Gasteiger partial charge on any atom is 0.315 e. The molecular formula is C12H12N2O4S. The highest BCUT2D eigenvalue weighted by atomic mass is 32.2. The first-order chi connectivity index (χ1) is 9.20. The molecule has 1 aliphatic rings. The zero-order valence-corrected chi connectivity index (χ0v) is 11.0. The molecule has 1 aliphatic heterocycles. The number of benzene rings is 1. The lowest BCUT2D eigenvalue weighted by Crippen LogP contribution is -2.18. The Morgan fingerprint density at radius 3 is 3.05 bits per heavy atom. The Bertz CT molecular complexity index is 530. The number of nitrogens with one attached hydrogen (secondary N) is 1. The highest BCUT2D eigenvalue weighted by Gasteiger charge is 2.18. The second-order valence-corrected chi connectivity index (χ2v) is 4.60. The number of rotatable bonds is 4. The molecule has 7 heteroatoms. The van der Waals surface area contributed by atoms with Crippen LogP contribution >= 0.6 is 11.8 Å². The number of carbonyl (C=O) groups is 2. The maximum absolute atomic E-state index is 11.7. The first-order valence-electron chi connectivity index (χ1n) is 5.49. The molecule has 1 N–H and O–H groups in total. The van der Waals surface area contributed by atoms with E-state index < -0.39 is 0 Å². The van der Waals surface area contributed by atoms with Gasteiger partial charge in [0.15, 0.2) is 0 Å². The number of para-hydroxylation sites is 1. The van der Waals surface area contributed by atoms with Gasteiger partial charge in [0.2, 0.25) is 5.90 Å². The molecule has 0 radical (unpaired) electrons. The molecular weight excluding hydrogens is 268 g/mol. The van der Waals surface area contributed by atoms with E-state index in [0.717, 1.165) is 0 Å². The van der Waals surface area contributed by atoms with E-state index in [4.69, 9.17) is 4.74 Å². The third-order valence-corrected chi connectivity index (χ3v) is 3.21. The first kappa shape index (κ1) is 13.4. The van der Waals surface area contributed by atoms with Gasteiger partial charge < -0.3 is 9.47 Å². The fourth-order valence-electron chi connectivity index (χ4n) is 1.41. The van der Waals surface area contributed by atoms with E-state index in [1.165, 1.54) is 18.9 Å². The Balaban J connectivity index is 2.01. The number of fused-ring (bicyclic) bond motifs is 1. The summed E-state index contributed by atoms with van der Waals surface area (Å²) in [5.41, 5.74) is 2.83. The smallest absolute Gasteiger partial charge is 0.315 e. The van der Waals surface area contributed by atoms with Crippen LogP contribution in [0.25, 0.3) is 0 Å². The van der Waals surface area contributed by atoms with E-state index in [2.05, 4.69) is 15.3 Å². The van der Waals surface area contributed by atoms with Crippen LogP contribution in [-0.2, 0) is 9.53 Å². The number of nitrogens with zero attached hydrogens (tertiary/aromatic N) is 1. The fourth-order valence-corrected chi connectivity index (χ4v) is 2.09. The molecule has 0 bridgehead atoms. The second-order valence-electron chi connectivity index (χ2n) is 3.61. The monoisotopic (exact) mass is 280 g/mol. The van der Waals surface area contributed by atoms with Gasteiger partial charge in [-0.15, -0.1) is 16.9 Å². The number of methoxy groups -OCH3 is 1. The van der Waals surface area contributed by atoms with Crippen LogP contribution in [0.1, 0.15) is 10.4 Å². The van der Waals surface area contributed by atoms with Crippen molar-refractivity contribution in [2.75, 3.05) is 18.6 Å². The molecule has 100 valence electrons. The zero-order valence-electron chi connectivity index (χ0n) is 10.2. The summed E-state index contributed by atoms with van der Waals surface area (Å²) < 4.78 is 10.1. The summed E-state index contributed by atoms with van der Waals surface area (Å²) >= 11 is 1.30. The van der Waals surface area contributed by atoms with Gasteiger partial charge in [-0.1, -0.05) is 12.1 Å². The SMILES string of the molecule is COC(=O)CSCC1=NNC(=O)c2ccccc2O1. The molecule has 6 nitrogen and oxygen atoms in total. The van der Waals surface area contributed by atoms with Gasteiger partial charge >= 0.3 is 5.97 Å². The Hall–Kier alpha value is -2.02. The molecule has 0 spiro atoms. The molecule has 0 aliphatic carbocycles. The summed E-state index contributed by atoms with van der Waals surface area (Å²) in [6, 6.07) is 6.88. The number of thioether (sulfide) groups is 1. The van der Waals surface area contributed by atoms with Crippen molar-refractivity contribution < 1.29 is 19.1 Å². The van der Waals surface area contributed by atoms with Crippen molar-refractivity contribution in [1.82, 2.24) is 5.43 Å². The summed E-state index contributed by atoms with van der Waals surface area (Å²) in [6.45, 7) is 0. The van der Waals surface area contributed by atoms with Crippen LogP contribution in [0.2, 0.25) is 0 Å². The maximum atomic E-state index is 11.7. The molecule has 1 amide bonds. The van der Waals surface area contributed by atoms with E-state index in [1.807, 2.05) is 0 Å². The van der Waals surface area contributed by atoms with Gasteiger partial charge in [-0.3, -0.25) is 9.59 Å². The normalized spacial score (nSPS) is 13.5. The standard InChI is InChI=1S/C12H12N2O4S/c1-17-11(15)7-19-6-10-13-14-12(16)8-4-2-3-5-9(8)18-10/h2-5H,6-7H2,1H3,(H,14,16). The lowest BCUT2D eigenvalue weighted by atomic mass is 10.2. The van der Waals surface area contributed by atoms with Gasteiger partial charge in [0.25, 0.3) is 5.91 Å². The van der Waals surface area contributed by atoms with Crippen LogP contribution < -0.4 is 10.2 Å². The third-order valence-electron chi connectivity index (χ3n) is 2.31. The minimum atomic E-state index is -0.316. The minimum absolute atomic E-state index is 0.203. The summed E-state index contributed by atoms with van der Waals surface area (Å²) in [5.74, 6) is 0.729. The predicted molar refractivity (Wildman–Crippen MR) is 71.3 cm³/mol. The molecule has 0 fully saturated rings. The lowest BCUT2D eigenvalue weighted by Gasteiger charge is -2.06. The fraction of sp³-hybridized carbons (Fsp3) is 0.250. The van der Waals surface area contributed by atoms with E-state index in [9.17, 15) is 9.59 Å². The van der Waals surface area contributed by atoms with Crippen LogP contribution in [0.5, 0.6) is 5.75 Å². The summed E-state index contributed by atoms with van der Waals surface area (Å²) in [6.07, 6.45) is 0. The number of hydrogen-bond donors (Lipinski definition) is 1. The van der Waals surface area contributed by atoms with Gasteiger partial charge in [-0.25, -0.2) is 5.43 Å². The van der Waals surface area contributed by atoms with Crippen LogP contribution in [0.3, 0.4) is 0 Å². The van der Waals surface area contributed by atoms with Crippen LogP contribution in [0, 0.1) is 0 Å². The largest absolute Gasteiger partial charge is 0.468 e. The summed E-state index contributed by atoms with van der Waals surface area (Å²) in [4.78, 5) is 22.7. The number of ether oxygens (including phenoxy) is 2. The van der Waals surface area contributed by atoms with Gasteiger partial charge in [0.1, 0.15) is 5.75 Å². The molecule has 0 saturated heterocycles. The molecule has 0 saturated carbocycles. The number of amides is 1. The molecule has 1 aromatic rings. The van der Waals surface area contributed by atoms with Crippen molar-refractivity contribution in [2.45, 2.75) is 0 Å². The minimum Gasteiger partial charge on any atom is -0.468 e. The average molecular weight is 280 g/mol. The quantitative estimate of drug-likeness (QED) is 0.833. The van der Waals surface area contributed by atoms with Gasteiger partial charge in [0, 0.05) is 0 Å². The van der Waals surface area contributed by atoms with Crippen molar-refractivity contribution in [3.05, 3.63) is 29.8 Å². The molecule has 0 atom stereocenters. The first-order valence-corrected chi connectivity index (χ1v) is 6.64. The highest BCUT2D eigenvalue weighted by Crippen LogP contribution is 2.20. The Morgan fingerprint density at radius 2 is 2.26 bits per heavy atom. The zero-order chi connectivity index (χ0) is 13.7. The van der Waals surface area contributed by atoms with Gasteiger partial charge in [-0.05, 0) is 12.1 Å². The van der Waals surface area contributed by atoms with Crippen molar-refractivity contribution in [3.8, 4) is 5.75 Å². The number of hydrogen-bond acceptors (Lipinski definition) is 6. The molecule has 19 heavy (non-hydrogen) atoms. The summed E-state index contributed by atoms with van der Waals surface area (Å²) in [5, 5.41) is 3.86. The van der Waals surface area contributed by atoms with E-state index >= 15 is 0 Å². The van der Waals surface area contributed by atoms with Crippen LogP contribution in [-0.4, -0.2) is 36.4 Å². The van der Waals surface area contributed by atoms with Gasteiger partial charge in [0.05, 0.1) is 24.2 Å². The molecule has 0 aromatic heterocycles. The Kier molecular flexibility index (Phi) is 4.40. The molecule has 1 heterocycles. The number of carbonyl (C=O) groups excluding carboxylic acids is 2. The van der Waals surface area contributed by atoms with E-state index in [1.54, 1.807) is 24.3 Å². The van der Waals surface area contributed by atoms with Crippen molar-refractivity contribution in [1.29, 1.82) is 0 Å².